The molecule has 2 nitrogen and oxygen atoms in total. The Kier molecular flexibility index (Phi) is 3.13. The number of aliphatic hydroxyl groups excluding tert-OH is 1. The first-order valence-corrected chi connectivity index (χ1v) is 4.85. The molecule has 0 aromatic carbocycles. The maximum absolute atomic E-state index is 9.61. The minimum Gasteiger partial charge on any atom is -0.390 e. The summed E-state index contributed by atoms with van der Waals surface area (Å²) in [5, 5.41) is 9.61. The average molecular weight is 172 g/mol. The highest BCUT2D eigenvalue weighted by Crippen LogP contribution is 2.36. The molecule has 0 saturated heterocycles. The van der Waals surface area contributed by atoms with E-state index >= 15 is 0 Å². The van der Waals surface area contributed by atoms with Crippen LogP contribution in [0.15, 0.2) is 0 Å². The molecular weight excluding hydrogens is 152 g/mol. The van der Waals surface area contributed by atoms with Gasteiger partial charge in [-0.05, 0) is 31.6 Å². The van der Waals surface area contributed by atoms with Gasteiger partial charge >= 0.3 is 0 Å². The van der Waals surface area contributed by atoms with Gasteiger partial charge in [-0.2, -0.15) is 0 Å². The second-order valence-corrected chi connectivity index (χ2v) is 4.47. The highest BCUT2D eigenvalue weighted by molar-refractivity contribution is 4.85. The third kappa shape index (κ3) is 2.46. The van der Waals surface area contributed by atoms with Gasteiger partial charge < -0.3 is 9.84 Å². The fourth-order valence-electron chi connectivity index (χ4n) is 1.89. The molecule has 0 aromatic rings. The summed E-state index contributed by atoms with van der Waals surface area (Å²) in [6.45, 7) is 7.17. The van der Waals surface area contributed by atoms with Crippen molar-refractivity contribution in [3.63, 3.8) is 0 Å². The Labute approximate surface area is 74.9 Å². The first-order chi connectivity index (χ1) is 5.55. The van der Waals surface area contributed by atoms with Gasteiger partial charge in [0.2, 0.25) is 0 Å². The van der Waals surface area contributed by atoms with Crippen molar-refractivity contribution in [2.45, 2.75) is 52.2 Å². The zero-order valence-corrected chi connectivity index (χ0v) is 8.34. The first kappa shape index (κ1) is 10.0. The van der Waals surface area contributed by atoms with Crippen molar-refractivity contribution in [2.24, 2.45) is 5.41 Å². The summed E-state index contributed by atoms with van der Waals surface area (Å²) in [6.07, 6.45) is 2.81. The van der Waals surface area contributed by atoms with Crippen LogP contribution in [0, 0.1) is 5.41 Å². The molecule has 1 saturated carbocycles. The molecule has 2 atom stereocenters. The van der Waals surface area contributed by atoms with E-state index in [0.29, 0.717) is 12.0 Å². The molecule has 1 fully saturated rings. The van der Waals surface area contributed by atoms with Crippen LogP contribution in [0.2, 0.25) is 0 Å². The Balaban J connectivity index is 2.47. The molecule has 2 heteroatoms. The highest BCUT2D eigenvalue weighted by atomic mass is 16.5. The summed E-state index contributed by atoms with van der Waals surface area (Å²) >= 11 is 0. The summed E-state index contributed by atoms with van der Waals surface area (Å²) in [7, 11) is 0. The van der Waals surface area contributed by atoms with Crippen molar-refractivity contribution in [2.75, 3.05) is 6.61 Å². The minimum absolute atomic E-state index is 0.0683. The lowest BCUT2D eigenvalue weighted by atomic mass is 9.75. The van der Waals surface area contributed by atoms with Crippen LogP contribution in [0.3, 0.4) is 0 Å². The maximum Gasteiger partial charge on any atom is 0.0838 e. The van der Waals surface area contributed by atoms with Crippen LogP contribution in [-0.4, -0.2) is 23.9 Å². The summed E-state index contributed by atoms with van der Waals surface area (Å²) in [5.74, 6) is 0. The van der Waals surface area contributed by atoms with Crippen LogP contribution in [-0.2, 0) is 4.74 Å². The van der Waals surface area contributed by atoms with E-state index in [2.05, 4.69) is 13.8 Å². The normalized spacial score (nSPS) is 35.0. The third-order valence-electron chi connectivity index (χ3n) is 2.68. The van der Waals surface area contributed by atoms with Gasteiger partial charge in [0.1, 0.15) is 0 Å². The van der Waals surface area contributed by atoms with Crippen molar-refractivity contribution >= 4 is 0 Å². The van der Waals surface area contributed by atoms with E-state index in [-0.39, 0.29) is 12.2 Å². The van der Waals surface area contributed by atoms with Crippen LogP contribution < -0.4 is 0 Å². The maximum atomic E-state index is 9.61. The largest absolute Gasteiger partial charge is 0.390 e. The Morgan fingerprint density at radius 3 is 2.75 bits per heavy atom. The van der Waals surface area contributed by atoms with Crippen LogP contribution in [0.25, 0.3) is 0 Å². The minimum atomic E-state index is -0.238. The van der Waals surface area contributed by atoms with E-state index < -0.39 is 0 Å². The number of ether oxygens (including phenoxy) is 1. The van der Waals surface area contributed by atoms with Crippen LogP contribution in [0.5, 0.6) is 0 Å². The molecule has 0 amide bonds. The van der Waals surface area contributed by atoms with E-state index in [1.165, 1.54) is 0 Å². The molecule has 1 N–H and O–H groups in total. The van der Waals surface area contributed by atoms with Crippen molar-refractivity contribution in [3.05, 3.63) is 0 Å². The number of hydrogen-bond donors (Lipinski definition) is 1. The Bertz CT molecular complexity index is 143. The molecule has 1 aliphatic carbocycles. The fourth-order valence-corrected chi connectivity index (χ4v) is 1.89. The molecule has 0 bridgehead atoms. The van der Waals surface area contributed by atoms with E-state index in [1.54, 1.807) is 0 Å². The second kappa shape index (κ2) is 3.75. The van der Waals surface area contributed by atoms with Crippen LogP contribution in [0.1, 0.15) is 40.0 Å². The zero-order chi connectivity index (χ0) is 9.19. The third-order valence-corrected chi connectivity index (χ3v) is 2.68. The van der Waals surface area contributed by atoms with E-state index in [1.807, 2.05) is 6.92 Å². The van der Waals surface area contributed by atoms with E-state index in [9.17, 15) is 5.11 Å². The summed E-state index contributed by atoms with van der Waals surface area (Å²) in [5.41, 5.74) is 0.346. The van der Waals surface area contributed by atoms with Crippen molar-refractivity contribution in [1.82, 2.24) is 0 Å². The topological polar surface area (TPSA) is 29.5 Å². The second-order valence-electron chi connectivity index (χ2n) is 4.47. The smallest absolute Gasteiger partial charge is 0.0838 e. The molecule has 0 spiro atoms. The van der Waals surface area contributed by atoms with Gasteiger partial charge in [-0.3, -0.25) is 0 Å². The lowest BCUT2D eigenvalue weighted by Gasteiger charge is -2.38. The Morgan fingerprint density at radius 2 is 2.17 bits per heavy atom. The zero-order valence-electron chi connectivity index (χ0n) is 8.34. The standard InChI is InChI=1S/C10H20O2/c1-4-12-9-7-10(2,3)6-5-8(9)11/h8-9,11H,4-7H2,1-3H3. The van der Waals surface area contributed by atoms with Gasteiger partial charge in [0, 0.05) is 6.61 Å². The predicted octanol–water partition coefficient (Wildman–Crippen LogP) is 1.96. The fraction of sp³-hybridized carbons (Fsp3) is 1.00. The SMILES string of the molecule is CCOC1CC(C)(C)CCC1O. The Hall–Kier alpha value is -0.0800. The van der Waals surface area contributed by atoms with E-state index in [0.717, 1.165) is 19.3 Å². The van der Waals surface area contributed by atoms with Gasteiger partial charge in [-0.15, -0.1) is 0 Å². The Morgan fingerprint density at radius 1 is 1.50 bits per heavy atom. The molecular formula is C10H20O2. The quantitative estimate of drug-likeness (QED) is 0.690. The average Bonchev–Trinajstić information content (AvgIpc) is 1.97. The molecule has 0 aromatic heterocycles. The van der Waals surface area contributed by atoms with Gasteiger partial charge in [-0.25, -0.2) is 0 Å². The van der Waals surface area contributed by atoms with Gasteiger partial charge in [0.15, 0.2) is 0 Å². The van der Waals surface area contributed by atoms with Gasteiger partial charge in [-0.1, -0.05) is 13.8 Å². The van der Waals surface area contributed by atoms with Crippen molar-refractivity contribution < 1.29 is 9.84 Å². The monoisotopic (exact) mass is 172 g/mol. The highest BCUT2D eigenvalue weighted by Gasteiger charge is 2.34. The molecule has 1 aliphatic rings. The van der Waals surface area contributed by atoms with Crippen LogP contribution >= 0.6 is 0 Å². The van der Waals surface area contributed by atoms with Gasteiger partial charge in [0.25, 0.3) is 0 Å². The number of hydrogen-bond acceptors (Lipinski definition) is 2. The molecule has 0 aliphatic heterocycles. The summed E-state index contributed by atoms with van der Waals surface area (Å²) in [6, 6.07) is 0. The molecule has 0 radical (unpaired) electrons. The molecule has 1 rings (SSSR count). The lowest BCUT2D eigenvalue weighted by Crippen LogP contribution is -2.39. The molecule has 2 unspecified atom stereocenters. The molecule has 0 heterocycles. The lowest BCUT2D eigenvalue weighted by molar-refractivity contribution is -0.0822. The summed E-state index contributed by atoms with van der Waals surface area (Å²) in [4.78, 5) is 0. The number of aliphatic hydroxyl groups is 1. The van der Waals surface area contributed by atoms with Crippen molar-refractivity contribution in [3.8, 4) is 0 Å². The van der Waals surface area contributed by atoms with Crippen molar-refractivity contribution in [1.29, 1.82) is 0 Å². The molecule has 12 heavy (non-hydrogen) atoms. The van der Waals surface area contributed by atoms with E-state index in [4.69, 9.17) is 4.74 Å². The first-order valence-electron chi connectivity index (χ1n) is 4.85. The molecule has 72 valence electrons. The number of rotatable bonds is 2. The van der Waals surface area contributed by atoms with Gasteiger partial charge in [0.05, 0.1) is 12.2 Å². The summed E-state index contributed by atoms with van der Waals surface area (Å²) < 4.78 is 5.48. The predicted molar refractivity (Wildman–Crippen MR) is 49.1 cm³/mol. The van der Waals surface area contributed by atoms with Crippen LogP contribution in [0.4, 0.5) is 0 Å².